The minimum absolute atomic E-state index is 0.215. The quantitative estimate of drug-likeness (QED) is 0.816. The molecule has 2 atom stereocenters. The van der Waals surface area contributed by atoms with Crippen molar-refractivity contribution in [2.24, 2.45) is 5.73 Å². The predicted octanol–water partition coefficient (Wildman–Crippen LogP) is 2.55. The van der Waals surface area contributed by atoms with E-state index < -0.39 is 0 Å². The fourth-order valence-corrected chi connectivity index (χ4v) is 2.20. The molecule has 2 unspecified atom stereocenters. The number of rotatable bonds is 2. The molecular weight excluding hydrogens is 198 g/mol. The van der Waals surface area contributed by atoms with Crippen LogP contribution in [0.25, 0.3) is 0 Å². The monoisotopic (exact) mass is 211 g/mol. The summed E-state index contributed by atoms with van der Waals surface area (Å²) in [7, 11) is 0. The first-order chi connectivity index (χ1) is 6.72. The summed E-state index contributed by atoms with van der Waals surface area (Å²) in [5.41, 5.74) is 6.78. The van der Waals surface area contributed by atoms with Crippen molar-refractivity contribution in [3.05, 3.63) is 28.8 Å². The van der Waals surface area contributed by atoms with Gasteiger partial charge in [0, 0.05) is 16.5 Å². The van der Waals surface area contributed by atoms with E-state index >= 15 is 0 Å². The van der Waals surface area contributed by atoms with Crippen LogP contribution in [0.4, 0.5) is 0 Å². The van der Waals surface area contributed by atoms with Gasteiger partial charge in [0.2, 0.25) is 0 Å². The molecule has 0 amide bonds. The largest absolute Gasteiger partial charge is 0.490 e. The Balaban J connectivity index is 2.34. The van der Waals surface area contributed by atoms with Crippen LogP contribution >= 0.6 is 11.6 Å². The lowest BCUT2D eigenvalue weighted by molar-refractivity contribution is 0.222. The summed E-state index contributed by atoms with van der Waals surface area (Å²) in [5.74, 6) is 1.36. The number of ether oxygens (including phenoxy) is 1. The molecule has 0 aromatic heterocycles. The van der Waals surface area contributed by atoms with Crippen molar-refractivity contribution in [3.63, 3.8) is 0 Å². The van der Waals surface area contributed by atoms with E-state index in [0.29, 0.717) is 12.5 Å². The Bertz CT molecular complexity index is 340. The topological polar surface area (TPSA) is 35.2 Å². The summed E-state index contributed by atoms with van der Waals surface area (Å²) in [6.45, 7) is 2.76. The molecule has 1 aliphatic heterocycles. The number of halogens is 1. The Morgan fingerprint density at radius 3 is 3.00 bits per heavy atom. The average molecular weight is 212 g/mol. The highest BCUT2D eigenvalue weighted by molar-refractivity contribution is 6.30. The van der Waals surface area contributed by atoms with Crippen LogP contribution in [-0.4, -0.2) is 12.6 Å². The Morgan fingerprint density at radius 1 is 1.50 bits per heavy atom. The van der Waals surface area contributed by atoms with Crippen LogP contribution in [0.2, 0.25) is 5.02 Å². The van der Waals surface area contributed by atoms with E-state index in [-0.39, 0.29) is 6.10 Å². The van der Waals surface area contributed by atoms with Crippen LogP contribution in [0.5, 0.6) is 5.75 Å². The van der Waals surface area contributed by atoms with Gasteiger partial charge in [-0.3, -0.25) is 0 Å². The highest BCUT2D eigenvalue weighted by atomic mass is 35.5. The molecule has 14 heavy (non-hydrogen) atoms. The molecule has 0 aliphatic carbocycles. The van der Waals surface area contributed by atoms with Gasteiger partial charge in [0.15, 0.2) is 0 Å². The third-order valence-corrected chi connectivity index (χ3v) is 2.96. The maximum Gasteiger partial charge on any atom is 0.123 e. The fraction of sp³-hybridized carbons (Fsp3) is 0.455. The number of hydrogen-bond donors (Lipinski definition) is 1. The van der Waals surface area contributed by atoms with Crippen LogP contribution in [0.3, 0.4) is 0 Å². The molecule has 1 aromatic rings. The van der Waals surface area contributed by atoms with Crippen LogP contribution in [0.1, 0.15) is 24.8 Å². The van der Waals surface area contributed by atoms with E-state index in [1.807, 2.05) is 18.2 Å². The lowest BCUT2D eigenvalue weighted by Gasteiger charge is -2.12. The third-order valence-electron chi connectivity index (χ3n) is 2.73. The SMILES string of the molecule is CC1Oc2ccc(Cl)cc2C1CCN. The van der Waals surface area contributed by atoms with Gasteiger partial charge in [-0.05, 0) is 38.1 Å². The van der Waals surface area contributed by atoms with Gasteiger partial charge in [-0.1, -0.05) is 11.6 Å². The van der Waals surface area contributed by atoms with Crippen molar-refractivity contribution in [1.82, 2.24) is 0 Å². The van der Waals surface area contributed by atoms with Gasteiger partial charge < -0.3 is 10.5 Å². The van der Waals surface area contributed by atoms with Gasteiger partial charge in [0.05, 0.1) is 0 Å². The van der Waals surface area contributed by atoms with E-state index in [1.165, 1.54) is 5.56 Å². The molecule has 2 nitrogen and oxygen atoms in total. The zero-order chi connectivity index (χ0) is 10.1. The summed E-state index contributed by atoms with van der Waals surface area (Å²) >= 11 is 5.95. The van der Waals surface area contributed by atoms with E-state index in [1.54, 1.807) is 0 Å². The van der Waals surface area contributed by atoms with Gasteiger partial charge in [-0.25, -0.2) is 0 Å². The fourth-order valence-electron chi connectivity index (χ4n) is 2.02. The Kier molecular flexibility index (Phi) is 2.66. The molecule has 1 aliphatic rings. The molecule has 76 valence electrons. The van der Waals surface area contributed by atoms with Crippen LogP contribution in [0, 0.1) is 0 Å². The van der Waals surface area contributed by atoms with Gasteiger partial charge in [-0.2, -0.15) is 0 Å². The second-order valence-corrected chi connectivity index (χ2v) is 4.13. The number of hydrogen-bond acceptors (Lipinski definition) is 2. The van der Waals surface area contributed by atoms with Gasteiger partial charge in [0.1, 0.15) is 11.9 Å². The molecule has 0 saturated carbocycles. The minimum Gasteiger partial charge on any atom is -0.490 e. The molecule has 0 fully saturated rings. The Labute approximate surface area is 89.0 Å². The summed E-state index contributed by atoms with van der Waals surface area (Å²) in [6, 6.07) is 5.78. The molecule has 3 heteroatoms. The molecular formula is C11H14ClNO. The maximum atomic E-state index is 5.95. The van der Waals surface area contributed by atoms with E-state index in [9.17, 15) is 0 Å². The van der Waals surface area contributed by atoms with Gasteiger partial charge in [-0.15, -0.1) is 0 Å². The highest BCUT2D eigenvalue weighted by Gasteiger charge is 2.30. The normalized spacial score (nSPS) is 24.5. The first-order valence-corrected chi connectivity index (χ1v) is 5.26. The maximum absolute atomic E-state index is 5.95. The summed E-state index contributed by atoms with van der Waals surface area (Å²) in [5, 5.41) is 0.767. The van der Waals surface area contributed by atoms with Crippen LogP contribution in [-0.2, 0) is 0 Å². The molecule has 0 saturated heterocycles. The van der Waals surface area contributed by atoms with Crippen molar-refractivity contribution in [1.29, 1.82) is 0 Å². The van der Waals surface area contributed by atoms with Crippen molar-refractivity contribution >= 4 is 11.6 Å². The molecule has 0 radical (unpaired) electrons. The van der Waals surface area contributed by atoms with Gasteiger partial charge >= 0.3 is 0 Å². The lowest BCUT2D eigenvalue weighted by Crippen LogP contribution is -2.17. The number of fused-ring (bicyclic) bond motifs is 1. The molecule has 1 aromatic carbocycles. The van der Waals surface area contributed by atoms with Crippen molar-refractivity contribution < 1.29 is 4.74 Å². The molecule has 1 heterocycles. The Hall–Kier alpha value is -0.730. The van der Waals surface area contributed by atoms with E-state index in [0.717, 1.165) is 17.2 Å². The van der Waals surface area contributed by atoms with Crippen molar-refractivity contribution in [3.8, 4) is 5.75 Å². The first-order valence-electron chi connectivity index (χ1n) is 4.88. The highest BCUT2D eigenvalue weighted by Crippen LogP contribution is 2.40. The zero-order valence-corrected chi connectivity index (χ0v) is 8.92. The van der Waals surface area contributed by atoms with Crippen LogP contribution < -0.4 is 10.5 Å². The second-order valence-electron chi connectivity index (χ2n) is 3.69. The first kappa shape index (κ1) is 9.81. The van der Waals surface area contributed by atoms with E-state index in [2.05, 4.69) is 6.92 Å². The van der Waals surface area contributed by atoms with E-state index in [4.69, 9.17) is 22.1 Å². The third kappa shape index (κ3) is 1.60. The molecule has 0 spiro atoms. The van der Waals surface area contributed by atoms with Gasteiger partial charge in [0.25, 0.3) is 0 Å². The smallest absolute Gasteiger partial charge is 0.123 e. The zero-order valence-electron chi connectivity index (χ0n) is 8.16. The molecule has 2 N–H and O–H groups in total. The van der Waals surface area contributed by atoms with Crippen molar-refractivity contribution in [2.75, 3.05) is 6.54 Å². The molecule has 2 rings (SSSR count). The summed E-state index contributed by atoms with van der Waals surface area (Å²) < 4.78 is 5.71. The predicted molar refractivity (Wildman–Crippen MR) is 58.0 cm³/mol. The minimum atomic E-state index is 0.215. The Morgan fingerprint density at radius 2 is 2.29 bits per heavy atom. The summed E-state index contributed by atoms with van der Waals surface area (Å²) in [6.07, 6.45) is 1.17. The average Bonchev–Trinajstić information content (AvgIpc) is 2.45. The lowest BCUT2D eigenvalue weighted by atomic mass is 9.93. The van der Waals surface area contributed by atoms with Crippen molar-refractivity contribution in [2.45, 2.75) is 25.4 Å². The second kappa shape index (κ2) is 3.79. The number of benzene rings is 1. The van der Waals surface area contributed by atoms with Crippen LogP contribution in [0.15, 0.2) is 18.2 Å². The number of nitrogens with two attached hydrogens (primary N) is 1. The molecule has 0 bridgehead atoms. The summed E-state index contributed by atoms with van der Waals surface area (Å²) in [4.78, 5) is 0. The standard InChI is InChI=1S/C11H14ClNO/c1-7-9(4-5-13)10-6-8(12)2-3-11(10)14-7/h2-3,6-7,9H,4-5,13H2,1H3.